The van der Waals surface area contributed by atoms with E-state index >= 15 is 0 Å². The third kappa shape index (κ3) is 2.86. The molecule has 5 nitrogen and oxygen atoms in total. The molecule has 3 rings (SSSR count). The van der Waals surface area contributed by atoms with Gasteiger partial charge in [-0.1, -0.05) is 12.1 Å². The van der Waals surface area contributed by atoms with Gasteiger partial charge in [-0.3, -0.25) is 0 Å². The lowest BCUT2D eigenvalue weighted by molar-refractivity contribution is 0.621. The van der Waals surface area contributed by atoms with Gasteiger partial charge in [0.2, 0.25) is 0 Å². The minimum atomic E-state index is 0.943. The average molecular weight is 281 g/mol. The molecule has 0 saturated carbocycles. The quantitative estimate of drug-likeness (QED) is 0.721. The van der Waals surface area contributed by atoms with Gasteiger partial charge in [0.15, 0.2) is 0 Å². The van der Waals surface area contributed by atoms with E-state index in [1.54, 1.807) is 6.33 Å². The van der Waals surface area contributed by atoms with Crippen LogP contribution in [-0.4, -0.2) is 33.1 Å². The van der Waals surface area contributed by atoms with Crippen LogP contribution in [0, 0.1) is 6.92 Å². The van der Waals surface area contributed by atoms with Gasteiger partial charge in [-0.2, -0.15) is 0 Å². The predicted molar refractivity (Wildman–Crippen MR) is 84.4 cm³/mol. The standard InChI is InChI=1S/C16H19N5/c1-13-17-8-11-21(13)10-5-9-20(2)16-14-6-3-4-7-15(14)18-12-19-16/h3-4,6-8,11-12H,5,9-10H2,1-2H3. The van der Waals surface area contributed by atoms with Crippen molar-refractivity contribution in [3.63, 3.8) is 0 Å². The summed E-state index contributed by atoms with van der Waals surface area (Å²) >= 11 is 0. The molecule has 2 aromatic heterocycles. The Kier molecular flexibility index (Phi) is 3.81. The van der Waals surface area contributed by atoms with Gasteiger partial charge < -0.3 is 9.47 Å². The monoisotopic (exact) mass is 281 g/mol. The van der Waals surface area contributed by atoms with Crippen molar-refractivity contribution in [2.45, 2.75) is 19.9 Å². The third-order valence-electron chi connectivity index (χ3n) is 3.70. The van der Waals surface area contributed by atoms with Crippen LogP contribution in [0.3, 0.4) is 0 Å². The van der Waals surface area contributed by atoms with Crippen LogP contribution in [-0.2, 0) is 6.54 Å². The fourth-order valence-corrected chi connectivity index (χ4v) is 2.52. The number of hydrogen-bond donors (Lipinski definition) is 0. The first-order chi connectivity index (χ1) is 10.3. The Hall–Kier alpha value is -2.43. The molecule has 0 radical (unpaired) electrons. The van der Waals surface area contributed by atoms with Crippen molar-refractivity contribution < 1.29 is 0 Å². The Balaban J connectivity index is 1.69. The SMILES string of the molecule is Cc1nccn1CCCN(C)c1ncnc2ccccc12. The van der Waals surface area contributed by atoms with Crippen molar-refractivity contribution in [2.24, 2.45) is 0 Å². The molecule has 0 unspecified atom stereocenters. The number of fused-ring (bicyclic) bond motifs is 1. The molecule has 3 aromatic rings. The summed E-state index contributed by atoms with van der Waals surface area (Å²) in [6.07, 6.45) is 6.55. The maximum atomic E-state index is 4.44. The highest BCUT2D eigenvalue weighted by Crippen LogP contribution is 2.21. The molecule has 21 heavy (non-hydrogen) atoms. The van der Waals surface area contributed by atoms with Crippen molar-refractivity contribution in [3.05, 3.63) is 48.8 Å². The van der Waals surface area contributed by atoms with Crippen molar-refractivity contribution in [3.8, 4) is 0 Å². The van der Waals surface area contributed by atoms with Crippen molar-refractivity contribution in [1.29, 1.82) is 0 Å². The number of anilines is 1. The Bertz CT molecular complexity index is 729. The number of aromatic nitrogens is 4. The number of benzene rings is 1. The van der Waals surface area contributed by atoms with Gasteiger partial charge in [0.05, 0.1) is 5.52 Å². The normalized spacial score (nSPS) is 11.0. The first kappa shape index (κ1) is 13.5. The highest BCUT2D eigenvalue weighted by molar-refractivity contribution is 5.88. The average Bonchev–Trinajstić information content (AvgIpc) is 2.92. The molecule has 0 atom stereocenters. The van der Waals surface area contributed by atoms with Gasteiger partial charge in [-0.25, -0.2) is 15.0 Å². The molecular weight excluding hydrogens is 262 g/mol. The highest BCUT2D eigenvalue weighted by Gasteiger charge is 2.08. The second kappa shape index (κ2) is 5.91. The zero-order chi connectivity index (χ0) is 14.7. The molecular formula is C16H19N5. The first-order valence-corrected chi connectivity index (χ1v) is 7.14. The van der Waals surface area contributed by atoms with Gasteiger partial charge in [0.25, 0.3) is 0 Å². The van der Waals surface area contributed by atoms with Gasteiger partial charge in [-0.05, 0) is 25.5 Å². The lowest BCUT2D eigenvalue weighted by Gasteiger charge is -2.19. The van der Waals surface area contributed by atoms with E-state index in [0.717, 1.165) is 42.1 Å². The first-order valence-electron chi connectivity index (χ1n) is 7.14. The fourth-order valence-electron chi connectivity index (χ4n) is 2.52. The smallest absolute Gasteiger partial charge is 0.139 e. The molecule has 0 amide bonds. The van der Waals surface area contributed by atoms with E-state index in [1.165, 1.54) is 0 Å². The summed E-state index contributed by atoms with van der Waals surface area (Å²) in [5.41, 5.74) is 0.986. The van der Waals surface area contributed by atoms with E-state index in [4.69, 9.17) is 0 Å². The molecule has 0 aliphatic rings. The van der Waals surface area contributed by atoms with Crippen LogP contribution in [0.5, 0.6) is 0 Å². The van der Waals surface area contributed by atoms with E-state index in [2.05, 4.69) is 37.5 Å². The molecule has 0 aliphatic carbocycles. The number of imidazole rings is 1. The van der Waals surface area contributed by atoms with Crippen LogP contribution >= 0.6 is 0 Å². The molecule has 108 valence electrons. The Morgan fingerprint density at radius 3 is 2.81 bits per heavy atom. The largest absolute Gasteiger partial charge is 0.359 e. The van der Waals surface area contributed by atoms with Gasteiger partial charge in [0.1, 0.15) is 18.0 Å². The topological polar surface area (TPSA) is 46.8 Å². The number of para-hydroxylation sites is 1. The molecule has 0 fully saturated rings. The molecule has 0 bridgehead atoms. The summed E-state index contributed by atoms with van der Waals surface area (Å²) in [5, 5.41) is 1.10. The lowest BCUT2D eigenvalue weighted by Crippen LogP contribution is -2.21. The zero-order valence-electron chi connectivity index (χ0n) is 12.4. The third-order valence-corrected chi connectivity index (χ3v) is 3.70. The summed E-state index contributed by atoms with van der Waals surface area (Å²) in [5.74, 6) is 2.05. The summed E-state index contributed by atoms with van der Waals surface area (Å²) < 4.78 is 2.17. The van der Waals surface area contributed by atoms with E-state index < -0.39 is 0 Å². The number of hydrogen-bond acceptors (Lipinski definition) is 4. The van der Waals surface area contributed by atoms with Crippen molar-refractivity contribution in [1.82, 2.24) is 19.5 Å². The zero-order valence-corrected chi connectivity index (χ0v) is 12.4. The minimum Gasteiger partial charge on any atom is -0.359 e. The second-order valence-corrected chi connectivity index (χ2v) is 5.16. The molecule has 2 heterocycles. The van der Waals surface area contributed by atoms with Gasteiger partial charge in [-0.15, -0.1) is 0 Å². The molecule has 1 aromatic carbocycles. The Morgan fingerprint density at radius 1 is 1.14 bits per heavy atom. The van der Waals surface area contributed by atoms with Crippen molar-refractivity contribution in [2.75, 3.05) is 18.5 Å². The minimum absolute atomic E-state index is 0.943. The lowest BCUT2D eigenvalue weighted by atomic mass is 10.2. The summed E-state index contributed by atoms with van der Waals surface area (Å²) in [6, 6.07) is 8.11. The molecule has 0 spiro atoms. The fraction of sp³-hybridized carbons (Fsp3) is 0.312. The molecule has 0 N–H and O–H groups in total. The number of nitrogens with zero attached hydrogens (tertiary/aromatic N) is 5. The Morgan fingerprint density at radius 2 is 2.00 bits per heavy atom. The summed E-state index contributed by atoms with van der Waals surface area (Å²) in [7, 11) is 2.08. The van der Waals surface area contributed by atoms with Crippen LogP contribution in [0.1, 0.15) is 12.2 Å². The summed E-state index contributed by atoms with van der Waals surface area (Å²) in [4.78, 5) is 15.2. The van der Waals surface area contributed by atoms with Crippen LogP contribution in [0.4, 0.5) is 5.82 Å². The maximum absolute atomic E-state index is 4.44. The van der Waals surface area contributed by atoms with E-state index in [1.807, 2.05) is 37.5 Å². The number of aryl methyl sites for hydroxylation is 2. The van der Waals surface area contributed by atoms with Gasteiger partial charge >= 0.3 is 0 Å². The number of rotatable bonds is 5. The van der Waals surface area contributed by atoms with Crippen LogP contribution in [0.15, 0.2) is 43.0 Å². The van der Waals surface area contributed by atoms with E-state index in [0.29, 0.717) is 0 Å². The summed E-state index contributed by atoms with van der Waals surface area (Å²) in [6.45, 7) is 3.94. The van der Waals surface area contributed by atoms with Crippen molar-refractivity contribution >= 4 is 16.7 Å². The van der Waals surface area contributed by atoms with Crippen LogP contribution in [0.2, 0.25) is 0 Å². The van der Waals surface area contributed by atoms with E-state index in [9.17, 15) is 0 Å². The van der Waals surface area contributed by atoms with Crippen LogP contribution in [0.25, 0.3) is 10.9 Å². The van der Waals surface area contributed by atoms with E-state index in [-0.39, 0.29) is 0 Å². The molecule has 0 saturated heterocycles. The van der Waals surface area contributed by atoms with Crippen LogP contribution < -0.4 is 4.90 Å². The highest BCUT2D eigenvalue weighted by atomic mass is 15.2. The molecule has 0 aliphatic heterocycles. The Labute approximate surface area is 124 Å². The van der Waals surface area contributed by atoms with Gasteiger partial charge in [0, 0.05) is 37.9 Å². The second-order valence-electron chi connectivity index (χ2n) is 5.16. The predicted octanol–water partition coefficient (Wildman–Crippen LogP) is 2.66. The maximum Gasteiger partial charge on any atom is 0.139 e. The molecule has 5 heteroatoms.